The van der Waals surface area contributed by atoms with Gasteiger partial charge in [-0.2, -0.15) is 5.10 Å². The van der Waals surface area contributed by atoms with Crippen molar-refractivity contribution < 1.29 is 27.5 Å². The van der Waals surface area contributed by atoms with Crippen molar-refractivity contribution in [3.63, 3.8) is 0 Å². The van der Waals surface area contributed by atoms with Crippen molar-refractivity contribution in [3.05, 3.63) is 64.0 Å². The van der Waals surface area contributed by atoms with Crippen LogP contribution in [0.15, 0.2) is 52.9 Å². The van der Waals surface area contributed by atoms with Gasteiger partial charge in [-0.05, 0) is 33.6 Å². The summed E-state index contributed by atoms with van der Waals surface area (Å²) in [5.41, 5.74) is -1.56. The lowest BCUT2D eigenvalue weighted by Crippen LogP contribution is -2.56. The fourth-order valence-electron chi connectivity index (χ4n) is 2.52. The van der Waals surface area contributed by atoms with Crippen LogP contribution in [0.5, 0.6) is 0 Å². The maximum Gasteiger partial charge on any atom is 0.291 e. The minimum absolute atomic E-state index is 0.0594. The van der Waals surface area contributed by atoms with Gasteiger partial charge in [0.2, 0.25) is 5.72 Å². The molecule has 0 saturated carbocycles. The summed E-state index contributed by atoms with van der Waals surface area (Å²) >= 11 is 3.27. The van der Waals surface area contributed by atoms with Crippen molar-refractivity contribution in [2.75, 3.05) is 0 Å². The Labute approximate surface area is 159 Å². The van der Waals surface area contributed by atoms with Gasteiger partial charge in [-0.15, -0.1) is 0 Å². The van der Waals surface area contributed by atoms with Gasteiger partial charge < -0.3 is 5.11 Å². The molecule has 11 heteroatoms. The molecule has 144 valence electrons. The standard InChI is InChI=1S/C16H13BrF4N4O2/c17-11-6-22-24(8-11)7-9-1-3-10(4-2-9)14(26)25-16(27,15(20)21)5-12(23-25)13(18)19/h1-6,8,13,15,23,27H,7H2. The molecule has 2 aromatic rings. The molecule has 0 aliphatic carbocycles. The Kier molecular flexibility index (Phi) is 5.24. The lowest BCUT2D eigenvalue weighted by molar-refractivity contribution is -0.146. The normalized spacial score (nSPS) is 19.6. The first-order valence-corrected chi connectivity index (χ1v) is 8.39. The number of nitrogens with zero attached hydrogens (tertiary/aromatic N) is 3. The first-order chi connectivity index (χ1) is 12.7. The zero-order valence-electron chi connectivity index (χ0n) is 13.5. The van der Waals surface area contributed by atoms with Crippen molar-refractivity contribution in [3.8, 4) is 0 Å². The molecule has 1 atom stereocenters. The average molecular weight is 449 g/mol. The maximum absolute atomic E-state index is 13.2. The van der Waals surface area contributed by atoms with Crippen LogP contribution in [-0.2, 0) is 6.54 Å². The van der Waals surface area contributed by atoms with Crippen molar-refractivity contribution >= 4 is 21.8 Å². The van der Waals surface area contributed by atoms with Gasteiger partial charge in [-0.25, -0.2) is 22.6 Å². The highest BCUT2D eigenvalue weighted by atomic mass is 79.9. The topological polar surface area (TPSA) is 70.4 Å². The number of benzene rings is 1. The Bertz CT molecular complexity index is 872. The summed E-state index contributed by atoms with van der Waals surface area (Å²) in [4.78, 5) is 12.5. The largest absolute Gasteiger partial charge is 0.361 e. The van der Waals surface area contributed by atoms with Gasteiger partial charge in [0.25, 0.3) is 18.8 Å². The molecule has 6 nitrogen and oxygen atoms in total. The van der Waals surface area contributed by atoms with Gasteiger partial charge in [0.05, 0.1) is 22.9 Å². The molecule has 27 heavy (non-hydrogen) atoms. The van der Waals surface area contributed by atoms with Crippen LogP contribution in [0.3, 0.4) is 0 Å². The minimum atomic E-state index is -3.48. The summed E-state index contributed by atoms with van der Waals surface area (Å²) in [6.45, 7) is 0.403. The molecule has 0 fully saturated rings. The minimum Gasteiger partial charge on any atom is -0.361 e. The first kappa shape index (κ1) is 19.4. The summed E-state index contributed by atoms with van der Waals surface area (Å²) in [6.07, 6.45) is -3.03. The summed E-state index contributed by atoms with van der Waals surface area (Å²) < 4.78 is 54.5. The van der Waals surface area contributed by atoms with E-state index < -0.39 is 30.2 Å². The lowest BCUT2D eigenvalue weighted by Gasteiger charge is -2.31. The van der Waals surface area contributed by atoms with E-state index in [1.165, 1.54) is 12.1 Å². The summed E-state index contributed by atoms with van der Waals surface area (Å²) in [7, 11) is 0. The molecule has 1 aliphatic heterocycles. The number of halogens is 5. The highest BCUT2D eigenvalue weighted by Crippen LogP contribution is 2.31. The molecule has 0 spiro atoms. The highest BCUT2D eigenvalue weighted by molar-refractivity contribution is 9.10. The summed E-state index contributed by atoms with van der Waals surface area (Å²) in [5, 5.41) is 14.2. The monoisotopic (exact) mass is 448 g/mol. The Balaban J connectivity index is 1.79. The second-order valence-corrected chi connectivity index (χ2v) is 6.71. The Morgan fingerprint density at radius 2 is 1.93 bits per heavy atom. The van der Waals surface area contributed by atoms with E-state index in [9.17, 15) is 27.5 Å². The molecule has 1 aromatic carbocycles. The molecule has 0 saturated heterocycles. The third-order valence-electron chi connectivity index (χ3n) is 3.87. The Morgan fingerprint density at radius 1 is 1.26 bits per heavy atom. The predicted molar refractivity (Wildman–Crippen MR) is 89.8 cm³/mol. The molecule has 1 aromatic heterocycles. The number of aliphatic hydroxyl groups is 1. The number of hydrogen-bond acceptors (Lipinski definition) is 4. The van der Waals surface area contributed by atoms with Gasteiger partial charge in [-0.3, -0.25) is 14.9 Å². The zero-order chi connectivity index (χ0) is 19.8. The predicted octanol–water partition coefficient (Wildman–Crippen LogP) is 2.76. The molecular weight excluding hydrogens is 436 g/mol. The highest BCUT2D eigenvalue weighted by Gasteiger charge is 2.51. The van der Waals surface area contributed by atoms with E-state index in [0.29, 0.717) is 6.54 Å². The third kappa shape index (κ3) is 3.83. The molecule has 1 amide bonds. The van der Waals surface area contributed by atoms with E-state index in [2.05, 4.69) is 21.0 Å². The van der Waals surface area contributed by atoms with Crippen LogP contribution in [0.25, 0.3) is 0 Å². The number of hydrazine groups is 1. The number of carbonyl (C=O) groups is 1. The van der Waals surface area contributed by atoms with Crippen LogP contribution >= 0.6 is 15.9 Å². The number of rotatable bonds is 5. The van der Waals surface area contributed by atoms with Crippen LogP contribution in [-0.4, -0.2) is 44.4 Å². The van der Waals surface area contributed by atoms with Crippen molar-refractivity contribution in [1.82, 2.24) is 20.2 Å². The molecule has 0 radical (unpaired) electrons. The first-order valence-electron chi connectivity index (χ1n) is 7.60. The number of carbonyl (C=O) groups excluding carboxylic acids is 1. The van der Waals surface area contributed by atoms with Gasteiger partial charge in [0.15, 0.2) is 0 Å². The molecular formula is C16H13BrF4N4O2. The number of hydrogen-bond donors (Lipinski definition) is 2. The Morgan fingerprint density at radius 3 is 2.44 bits per heavy atom. The van der Waals surface area contributed by atoms with Crippen LogP contribution in [0.1, 0.15) is 15.9 Å². The number of nitrogens with one attached hydrogen (secondary N) is 1. The molecule has 1 aliphatic rings. The van der Waals surface area contributed by atoms with E-state index in [1.54, 1.807) is 29.2 Å². The Hall–Kier alpha value is -2.40. The third-order valence-corrected chi connectivity index (χ3v) is 4.28. The maximum atomic E-state index is 13.2. The number of alkyl halides is 4. The van der Waals surface area contributed by atoms with Crippen LogP contribution in [0, 0.1) is 0 Å². The van der Waals surface area contributed by atoms with Crippen LogP contribution in [0.4, 0.5) is 17.6 Å². The van der Waals surface area contributed by atoms with E-state index in [4.69, 9.17) is 0 Å². The quantitative estimate of drug-likeness (QED) is 0.690. The molecule has 3 rings (SSSR count). The van der Waals surface area contributed by atoms with Crippen molar-refractivity contribution in [2.45, 2.75) is 25.1 Å². The molecule has 0 bridgehead atoms. The van der Waals surface area contributed by atoms with E-state index in [0.717, 1.165) is 10.0 Å². The van der Waals surface area contributed by atoms with Crippen molar-refractivity contribution in [1.29, 1.82) is 0 Å². The second-order valence-electron chi connectivity index (χ2n) is 5.79. The van der Waals surface area contributed by atoms with E-state index >= 15 is 0 Å². The van der Waals surface area contributed by atoms with Gasteiger partial charge in [0, 0.05) is 17.8 Å². The van der Waals surface area contributed by atoms with Gasteiger partial charge in [-0.1, -0.05) is 12.1 Å². The summed E-state index contributed by atoms with van der Waals surface area (Å²) in [6, 6.07) is 5.85. The van der Waals surface area contributed by atoms with E-state index in [-0.39, 0.29) is 16.6 Å². The zero-order valence-corrected chi connectivity index (χ0v) is 15.1. The molecule has 2 heterocycles. The number of aromatic nitrogens is 2. The van der Waals surface area contributed by atoms with Gasteiger partial charge in [0.1, 0.15) is 0 Å². The summed E-state index contributed by atoms with van der Waals surface area (Å²) in [5.74, 6) is -1.07. The smallest absolute Gasteiger partial charge is 0.291 e. The lowest BCUT2D eigenvalue weighted by atomic mass is 10.1. The van der Waals surface area contributed by atoms with Crippen LogP contribution < -0.4 is 5.43 Å². The second kappa shape index (κ2) is 7.31. The molecule has 1 unspecified atom stereocenters. The SMILES string of the molecule is O=C(c1ccc(Cn2cc(Br)cn2)cc1)N1NC(C(F)F)=CC1(O)C(F)F. The number of amides is 1. The number of allylic oxidation sites excluding steroid dienone is 1. The van der Waals surface area contributed by atoms with E-state index in [1.807, 2.05) is 5.43 Å². The average Bonchev–Trinajstić information content (AvgIpc) is 3.19. The molecule has 2 N–H and O–H groups in total. The fourth-order valence-corrected chi connectivity index (χ4v) is 2.85. The fraction of sp³-hybridized carbons (Fsp3) is 0.250. The van der Waals surface area contributed by atoms with Crippen molar-refractivity contribution in [2.24, 2.45) is 0 Å². The van der Waals surface area contributed by atoms with Gasteiger partial charge >= 0.3 is 0 Å². The van der Waals surface area contributed by atoms with Crippen LogP contribution in [0.2, 0.25) is 0 Å².